The van der Waals surface area contributed by atoms with E-state index in [0.29, 0.717) is 24.4 Å². The molecule has 1 amide bonds. The van der Waals surface area contributed by atoms with Crippen molar-refractivity contribution >= 4 is 24.1 Å². The van der Waals surface area contributed by atoms with Crippen LogP contribution in [0.2, 0.25) is 0 Å². The Morgan fingerprint density at radius 1 is 1.18 bits per heavy atom. The van der Waals surface area contributed by atoms with Crippen molar-refractivity contribution in [2.75, 3.05) is 39.8 Å². The number of halogens is 4. The SMILES string of the molecule is COc1ccc(C(=O)CCC(=O)NCC(N2CCNCC2)C(F)(F)F)cc1.Cl. The topological polar surface area (TPSA) is 70.7 Å². The fourth-order valence-corrected chi connectivity index (χ4v) is 2.89. The summed E-state index contributed by atoms with van der Waals surface area (Å²) in [5.41, 5.74) is 0.428. The van der Waals surface area contributed by atoms with Crippen molar-refractivity contribution in [3.05, 3.63) is 29.8 Å². The van der Waals surface area contributed by atoms with Crippen molar-refractivity contribution < 1.29 is 27.5 Å². The first-order chi connectivity index (χ1) is 12.8. The molecule has 1 saturated heterocycles. The van der Waals surface area contributed by atoms with Crippen LogP contribution in [0.3, 0.4) is 0 Å². The molecule has 158 valence electrons. The molecule has 0 radical (unpaired) electrons. The van der Waals surface area contributed by atoms with Crippen LogP contribution in [0, 0.1) is 0 Å². The molecule has 1 aromatic carbocycles. The first kappa shape index (κ1) is 24.2. The molecule has 6 nitrogen and oxygen atoms in total. The van der Waals surface area contributed by atoms with Gasteiger partial charge in [0.2, 0.25) is 5.91 Å². The van der Waals surface area contributed by atoms with Crippen LogP contribution in [0.25, 0.3) is 0 Å². The summed E-state index contributed by atoms with van der Waals surface area (Å²) in [6.45, 7) is 0.999. The zero-order chi connectivity index (χ0) is 19.9. The van der Waals surface area contributed by atoms with Crippen LogP contribution in [0.4, 0.5) is 13.2 Å². The average Bonchev–Trinajstić information content (AvgIpc) is 2.66. The van der Waals surface area contributed by atoms with E-state index in [1.54, 1.807) is 24.3 Å². The molecule has 1 fully saturated rings. The third-order valence-electron chi connectivity index (χ3n) is 4.45. The van der Waals surface area contributed by atoms with E-state index in [0.717, 1.165) is 0 Å². The van der Waals surface area contributed by atoms with E-state index in [9.17, 15) is 22.8 Å². The van der Waals surface area contributed by atoms with Crippen LogP contribution in [0.15, 0.2) is 24.3 Å². The number of methoxy groups -OCH3 is 1. The molecule has 0 aliphatic carbocycles. The summed E-state index contributed by atoms with van der Waals surface area (Å²) in [7, 11) is 1.51. The Morgan fingerprint density at radius 2 is 1.79 bits per heavy atom. The Balaban J connectivity index is 0.00000392. The van der Waals surface area contributed by atoms with Gasteiger partial charge in [-0.15, -0.1) is 12.4 Å². The minimum atomic E-state index is -4.43. The summed E-state index contributed by atoms with van der Waals surface area (Å²) in [4.78, 5) is 25.3. The summed E-state index contributed by atoms with van der Waals surface area (Å²) in [5.74, 6) is -0.209. The normalized spacial score (nSPS) is 16.0. The summed E-state index contributed by atoms with van der Waals surface area (Å²) in [5, 5.41) is 5.32. The van der Waals surface area contributed by atoms with Crippen LogP contribution in [0.5, 0.6) is 5.75 Å². The van der Waals surface area contributed by atoms with Gasteiger partial charge in [0.05, 0.1) is 7.11 Å². The molecule has 1 heterocycles. The maximum Gasteiger partial charge on any atom is 0.405 e. The van der Waals surface area contributed by atoms with Crippen molar-refractivity contribution in [3.63, 3.8) is 0 Å². The predicted molar refractivity (Wildman–Crippen MR) is 101 cm³/mol. The number of ketones is 1. The molecule has 0 bridgehead atoms. The van der Waals surface area contributed by atoms with Gasteiger partial charge < -0.3 is 15.4 Å². The van der Waals surface area contributed by atoms with Crippen LogP contribution in [-0.4, -0.2) is 68.6 Å². The van der Waals surface area contributed by atoms with Gasteiger partial charge >= 0.3 is 6.18 Å². The molecule has 2 N–H and O–H groups in total. The average molecular weight is 424 g/mol. The molecule has 0 aromatic heterocycles. The second-order valence-corrected chi connectivity index (χ2v) is 6.30. The smallest absolute Gasteiger partial charge is 0.405 e. The van der Waals surface area contributed by atoms with Crippen molar-refractivity contribution in [2.24, 2.45) is 0 Å². The third kappa shape index (κ3) is 7.29. The minimum absolute atomic E-state index is 0. The van der Waals surface area contributed by atoms with Gasteiger partial charge in [-0.2, -0.15) is 13.2 Å². The number of nitrogens with one attached hydrogen (secondary N) is 2. The van der Waals surface area contributed by atoms with Gasteiger partial charge in [0.25, 0.3) is 0 Å². The standard InChI is InChI=1S/C18H24F3N3O3.ClH/c1-27-14-4-2-13(3-5-14)15(25)6-7-17(26)23-12-16(18(19,20)21)24-10-8-22-9-11-24;/h2-5,16,22H,6-12H2,1H3,(H,23,26);1H. The van der Waals surface area contributed by atoms with E-state index < -0.39 is 24.7 Å². The molecule has 0 spiro atoms. The molecular weight excluding hydrogens is 399 g/mol. The number of hydrogen-bond donors (Lipinski definition) is 2. The molecule has 0 saturated carbocycles. The van der Waals surface area contributed by atoms with Gasteiger partial charge in [-0.05, 0) is 24.3 Å². The Morgan fingerprint density at radius 3 is 2.32 bits per heavy atom. The van der Waals surface area contributed by atoms with Crippen LogP contribution >= 0.6 is 12.4 Å². The van der Waals surface area contributed by atoms with E-state index >= 15 is 0 Å². The third-order valence-corrected chi connectivity index (χ3v) is 4.45. The number of rotatable bonds is 8. The van der Waals surface area contributed by atoms with Gasteiger partial charge in [-0.1, -0.05) is 0 Å². The lowest BCUT2D eigenvalue weighted by molar-refractivity contribution is -0.184. The van der Waals surface area contributed by atoms with E-state index in [-0.39, 0.29) is 44.1 Å². The van der Waals surface area contributed by atoms with Crippen molar-refractivity contribution in [1.82, 2.24) is 15.5 Å². The Bertz CT molecular complexity index is 635. The molecular formula is C18H25ClF3N3O3. The monoisotopic (exact) mass is 423 g/mol. The van der Waals surface area contributed by atoms with Crippen molar-refractivity contribution in [2.45, 2.75) is 25.1 Å². The summed E-state index contributed by atoms with van der Waals surface area (Å²) >= 11 is 0. The fourth-order valence-electron chi connectivity index (χ4n) is 2.89. The van der Waals surface area contributed by atoms with E-state index in [4.69, 9.17) is 4.74 Å². The maximum atomic E-state index is 13.3. The molecule has 1 atom stereocenters. The predicted octanol–water partition coefficient (Wildman–Crippen LogP) is 2.03. The number of carbonyl (C=O) groups is 2. The van der Waals surface area contributed by atoms with Crippen LogP contribution in [0.1, 0.15) is 23.2 Å². The highest BCUT2D eigenvalue weighted by Gasteiger charge is 2.43. The van der Waals surface area contributed by atoms with Gasteiger partial charge in [-0.25, -0.2) is 0 Å². The number of nitrogens with zero attached hydrogens (tertiary/aromatic N) is 1. The molecule has 2 rings (SSSR count). The van der Waals surface area contributed by atoms with E-state index in [1.165, 1.54) is 12.0 Å². The van der Waals surface area contributed by atoms with Gasteiger partial charge in [0.15, 0.2) is 5.78 Å². The number of carbonyl (C=O) groups excluding carboxylic acids is 2. The van der Waals surface area contributed by atoms with Crippen LogP contribution < -0.4 is 15.4 Å². The lowest BCUT2D eigenvalue weighted by Gasteiger charge is -2.35. The highest BCUT2D eigenvalue weighted by Crippen LogP contribution is 2.24. The van der Waals surface area contributed by atoms with E-state index in [2.05, 4.69) is 10.6 Å². The van der Waals surface area contributed by atoms with Crippen molar-refractivity contribution in [3.8, 4) is 5.75 Å². The molecule has 1 aliphatic heterocycles. The quantitative estimate of drug-likeness (QED) is 0.626. The number of piperazine rings is 1. The number of benzene rings is 1. The Hall–Kier alpha value is -1.84. The van der Waals surface area contributed by atoms with Crippen LogP contribution in [-0.2, 0) is 4.79 Å². The Labute approximate surface area is 168 Å². The molecule has 28 heavy (non-hydrogen) atoms. The first-order valence-electron chi connectivity index (χ1n) is 8.76. The number of amides is 1. The number of hydrogen-bond acceptors (Lipinski definition) is 5. The van der Waals surface area contributed by atoms with Gasteiger partial charge in [0.1, 0.15) is 11.8 Å². The fraction of sp³-hybridized carbons (Fsp3) is 0.556. The van der Waals surface area contributed by atoms with E-state index in [1.807, 2.05) is 0 Å². The Kier molecular flexibility index (Phi) is 9.71. The zero-order valence-electron chi connectivity index (χ0n) is 15.6. The number of ether oxygens (including phenoxy) is 1. The second-order valence-electron chi connectivity index (χ2n) is 6.30. The zero-order valence-corrected chi connectivity index (χ0v) is 16.4. The summed E-state index contributed by atoms with van der Waals surface area (Å²) in [6, 6.07) is 4.72. The maximum absolute atomic E-state index is 13.3. The lowest BCUT2D eigenvalue weighted by atomic mass is 10.1. The molecule has 1 aliphatic rings. The number of Topliss-reactive ketones (excluding diaryl/α,β-unsaturated/α-hetero) is 1. The second kappa shape index (κ2) is 11.2. The highest BCUT2D eigenvalue weighted by molar-refractivity contribution is 5.98. The highest BCUT2D eigenvalue weighted by atomic mass is 35.5. The largest absolute Gasteiger partial charge is 0.497 e. The molecule has 1 aromatic rings. The molecule has 10 heteroatoms. The first-order valence-corrected chi connectivity index (χ1v) is 8.76. The minimum Gasteiger partial charge on any atom is -0.497 e. The molecule has 1 unspecified atom stereocenters. The summed E-state index contributed by atoms with van der Waals surface area (Å²) < 4.78 is 44.8. The van der Waals surface area contributed by atoms with Gasteiger partial charge in [-0.3, -0.25) is 14.5 Å². The van der Waals surface area contributed by atoms with Crippen molar-refractivity contribution in [1.29, 1.82) is 0 Å². The summed E-state index contributed by atoms with van der Waals surface area (Å²) in [6.07, 6.45) is -4.65. The lowest BCUT2D eigenvalue weighted by Crippen LogP contribution is -2.57. The van der Waals surface area contributed by atoms with Gasteiger partial charge in [0, 0.05) is 51.1 Å². The number of alkyl halides is 3.